The number of anilines is 1. The van der Waals surface area contributed by atoms with Crippen molar-refractivity contribution >= 4 is 5.69 Å². The molecule has 1 N–H and O–H groups in total. The van der Waals surface area contributed by atoms with Crippen molar-refractivity contribution in [1.29, 1.82) is 0 Å². The number of hydrogen-bond acceptors (Lipinski definition) is 3. The molecule has 1 saturated heterocycles. The van der Waals surface area contributed by atoms with Gasteiger partial charge in [0, 0.05) is 13.1 Å². The van der Waals surface area contributed by atoms with E-state index in [1.807, 2.05) is 6.92 Å². The Labute approximate surface area is 115 Å². The van der Waals surface area contributed by atoms with Gasteiger partial charge in [-0.15, -0.1) is 0 Å². The molecule has 0 amide bonds. The summed E-state index contributed by atoms with van der Waals surface area (Å²) < 4.78 is 52.8. The molecule has 0 spiro atoms. The third-order valence-electron chi connectivity index (χ3n) is 3.62. The van der Waals surface area contributed by atoms with Crippen LogP contribution in [0, 0.1) is 29.4 Å². The maximum atomic E-state index is 13.4. The number of rotatable bonds is 4. The van der Waals surface area contributed by atoms with Gasteiger partial charge < -0.3 is 10.2 Å². The summed E-state index contributed by atoms with van der Waals surface area (Å²) in [7, 11) is 0. The summed E-state index contributed by atoms with van der Waals surface area (Å²) in [5, 5.41) is 2.48. The molecule has 1 aliphatic heterocycles. The Balaban J connectivity index is 2.04. The molecular weight excluding hydrogens is 274 g/mol. The van der Waals surface area contributed by atoms with Crippen molar-refractivity contribution in [3.63, 3.8) is 0 Å². The maximum absolute atomic E-state index is 13.4. The SMILES string of the molecule is CCN1CCCC(CNc2c(F)c(F)nc(F)c2F)C1. The topological polar surface area (TPSA) is 28.2 Å². The summed E-state index contributed by atoms with van der Waals surface area (Å²) >= 11 is 0. The highest BCUT2D eigenvalue weighted by atomic mass is 19.2. The van der Waals surface area contributed by atoms with Crippen molar-refractivity contribution in [2.75, 3.05) is 31.5 Å². The third-order valence-corrected chi connectivity index (χ3v) is 3.62. The minimum atomic E-state index is -1.63. The summed E-state index contributed by atoms with van der Waals surface area (Å²) in [6, 6.07) is 0. The van der Waals surface area contributed by atoms with Crippen LogP contribution in [0.4, 0.5) is 23.2 Å². The van der Waals surface area contributed by atoms with Gasteiger partial charge in [0.15, 0.2) is 0 Å². The second-order valence-electron chi connectivity index (χ2n) is 4.98. The van der Waals surface area contributed by atoms with E-state index in [1.54, 1.807) is 0 Å². The van der Waals surface area contributed by atoms with E-state index in [9.17, 15) is 17.6 Å². The first-order valence-electron chi connectivity index (χ1n) is 6.69. The zero-order valence-electron chi connectivity index (χ0n) is 11.2. The Bertz CT molecular complexity index is 455. The van der Waals surface area contributed by atoms with Crippen LogP contribution in [0.3, 0.4) is 0 Å². The number of nitrogens with zero attached hydrogens (tertiary/aromatic N) is 2. The quantitative estimate of drug-likeness (QED) is 0.683. The van der Waals surface area contributed by atoms with E-state index in [-0.39, 0.29) is 12.5 Å². The highest BCUT2D eigenvalue weighted by molar-refractivity contribution is 5.45. The number of likely N-dealkylation sites (tertiary alicyclic amines) is 1. The molecule has 2 rings (SSSR count). The van der Waals surface area contributed by atoms with Gasteiger partial charge in [0.05, 0.1) is 0 Å². The predicted molar refractivity (Wildman–Crippen MR) is 67.4 cm³/mol. The summed E-state index contributed by atoms with van der Waals surface area (Å²) in [4.78, 5) is 4.75. The van der Waals surface area contributed by atoms with E-state index in [0.29, 0.717) is 0 Å². The Morgan fingerprint density at radius 1 is 1.20 bits per heavy atom. The van der Waals surface area contributed by atoms with Crippen LogP contribution >= 0.6 is 0 Å². The zero-order valence-corrected chi connectivity index (χ0v) is 11.2. The third kappa shape index (κ3) is 3.20. The first kappa shape index (κ1) is 15.0. The number of piperidine rings is 1. The molecule has 1 aromatic rings. The van der Waals surface area contributed by atoms with Crippen molar-refractivity contribution in [2.45, 2.75) is 19.8 Å². The van der Waals surface area contributed by atoms with Crippen molar-refractivity contribution in [3.05, 3.63) is 23.5 Å². The van der Waals surface area contributed by atoms with Gasteiger partial charge in [-0.25, -0.2) is 0 Å². The van der Waals surface area contributed by atoms with Crippen molar-refractivity contribution in [1.82, 2.24) is 9.88 Å². The molecule has 1 fully saturated rings. The van der Waals surface area contributed by atoms with Crippen LogP contribution in [-0.4, -0.2) is 36.1 Å². The lowest BCUT2D eigenvalue weighted by atomic mass is 9.98. The summed E-state index contributed by atoms with van der Waals surface area (Å²) in [5.41, 5.74) is -0.774. The van der Waals surface area contributed by atoms with Crippen molar-refractivity contribution in [3.8, 4) is 0 Å². The normalized spacial score (nSPS) is 20.1. The van der Waals surface area contributed by atoms with E-state index >= 15 is 0 Å². The van der Waals surface area contributed by atoms with Crippen molar-refractivity contribution < 1.29 is 17.6 Å². The summed E-state index contributed by atoms with van der Waals surface area (Å²) in [5.74, 6) is -6.03. The number of hydrogen-bond donors (Lipinski definition) is 1. The monoisotopic (exact) mass is 291 g/mol. The molecule has 1 aliphatic rings. The molecule has 112 valence electrons. The molecule has 0 bridgehead atoms. The molecule has 0 radical (unpaired) electrons. The van der Waals surface area contributed by atoms with Crippen molar-refractivity contribution in [2.24, 2.45) is 5.92 Å². The first-order valence-corrected chi connectivity index (χ1v) is 6.69. The Morgan fingerprint density at radius 2 is 1.85 bits per heavy atom. The fourth-order valence-corrected chi connectivity index (χ4v) is 2.49. The zero-order chi connectivity index (χ0) is 14.7. The van der Waals surface area contributed by atoms with Crippen LogP contribution in [0.1, 0.15) is 19.8 Å². The van der Waals surface area contributed by atoms with Crippen LogP contribution in [0.15, 0.2) is 0 Å². The van der Waals surface area contributed by atoms with Crippen LogP contribution < -0.4 is 5.32 Å². The van der Waals surface area contributed by atoms with E-state index < -0.39 is 29.2 Å². The Kier molecular flexibility index (Phi) is 4.80. The van der Waals surface area contributed by atoms with Gasteiger partial charge in [-0.3, -0.25) is 0 Å². The highest BCUT2D eigenvalue weighted by Crippen LogP contribution is 2.23. The van der Waals surface area contributed by atoms with Gasteiger partial charge in [0.1, 0.15) is 5.69 Å². The fraction of sp³-hybridized carbons (Fsp3) is 0.615. The standard InChI is InChI=1S/C13H17F4N3/c1-2-20-5-3-4-8(7-20)6-18-11-9(14)12(16)19-13(17)10(11)15/h8H,2-7H2,1H3,(H,18,19). The van der Waals surface area contributed by atoms with Crippen LogP contribution in [0.2, 0.25) is 0 Å². The second kappa shape index (κ2) is 6.39. The lowest BCUT2D eigenvalue weighted by Gasteiger charge is -2.32. The first-order chi connectivity index (χ1) is 9.52. The van der Waals surface area contributed by atoms with Gasteiger partial charge in [-0.05, 0) is 31.8 Å². The van der Waals surface area contributed by atoms with Crippen LogP contribution in [0.5, 0.6) is 0 Å². The van der Waals surface area contributed by atoms with E-state index in [0.717, 1.165) is 32.5 Å². The molecule has 2 heterocycles. The molecule has 0 aliphatic carbocycles. The molecule has 1 atom stereocenters. The molecule has 0 aromatic carbocycles. The number of nitrogens with one attached hydrogen (secondary N) is 1. The van der Waals surface area contributed by atoms with Gasteiger partial charge in [-0.1, -0.05) is 6.92 Å². The summed E-state index contributed by atoms with van der Waals surface area (Å²) in [6.45, 7) is 5.05. The van der Waals surface area contributed by atoms with E-state index in [2.05, 4.69) is 15.2 Å². The maximum Gasteiger partial charge on any atom is 0.253 e. The minimum Gasteiger partial charge on any atom is -0.380 e. The highest BCUT2D eigenvalue weighted by Gasteiger charge is 2.23. The molecule has 1 unspecified atom stereocenters. The average molecular weight is 291 g/mol. The van der Waals surface area contributed by atoms with Gasteiger partial charge in [-0.2, -0.15) is 22.5 Å². The molecule has 3 nitrogen and oxygen atoms in total. The molecule has 20 heavy (non-hydrogen) atoms. The van der Waals surface area contributed by atoms with Gasteiger partial charge in [0.25, 0.3) is 11.9 Å². The van der Waals surface area contributed by atoms with Crippen LogP contribution in [0.25, 0.3) is 0 Å². The number of halogens is 4. The van der Waals surface area contributed by atoms with Gasteiger partial charge >= 0.3 is 0 Å². The molecule has 7 heteroatoms. The molecule has 0 saturated carbocycles. The lowest BCUT2D eigenvalue weighted by Crippen LogP contribution is -2.38. The molecule has 1 aromatic heterocycles. The Hall–Kier alpha value is -1.37. The van der Waals surface area contributed by atoms with Crippen LogP contribution in [-0.2, 0) is 0 Å². The van der Waals surface area contributed by atoms with E-state index in [1.165, 1.54) is 0 Å². The number of aromatic nitrogens is 1. The fourth-order valence-electron chi connectivity index (χ4n) is 2.49. The minimum absolute atomic E-state index is 0.196. The Morgan fingerprint density at radius 3 is 2.45 bits per heavy atom. The second-order valence-corrected chi connectivity index (χ2v) is 4.98. The average Bonchev–Trinajstić information content (AvgIpc) is 2.45. The van der Waals surface area contributed by atoms with E-state index in [4.69, 9.17) is 0 Å². The lowest BCUT2D eigenvalue weighted by molar-refractivity contribution is 0.189. The predicted octanol–water partition coefficient (Wildman–Crippen LogP) is 2.78. The number of pyridine rings is 1. The largest absolute Gasteiger partial charge is 0.380 e. The molecular formula is C13H17F4N3. The smallest absolute Gasteiger partial charge is 0.253 e. The summed E-state index contributed by atoms with van der Waals surface area (Å²) in [6.07, 6.45) is 1.92. The van der Waals surface area contributed by atoms with Gasteiger partial charge in [0.2, 0.25) is 11.6 Å².